The second kappa shape index (κ2) is 12.3. The van der Waals surface area contributed by atoms with Crippen molar-refractivity contribution in [3.8, 4) is 0 Å². The first-order chi connectivity index (χ1) is 15.6. The lowest BCUT2D eigenvalue weighted by Gasteiger charge is -2.25. The van der Waals surface area contributed by atoms with Crippen molar-refractivity contribution >= 4 is 11.9 Å². The van der Waals surface area contributed by atoms with Gasteiger partial charge in [0.15, 0.2) is 0 Å². The minimum Gasteiger partial charge on any atom is -0.475 e. The fourth-order valence-corrected chi connectivity index (χ4v) is 2.90. The maximum absolute atomic E-state index is 10.6. The van der Waals surface area contributed by atoms with Crippen LogP contribution in [0.25, 0.3) is 0 Å². The van der Waals surface area contributed by atoms with E-state index in [1.54, 1.807) is 0 Å². The summed E-state index contributed by atoms with van der Waals surface area (Å²) < 4.78 is 65.3. The fourth-order valence-electron chi connectivity index (χ4n) is 2.90. The Balaban J connectivity index is 0.000000343. The first kappa shape index (κ1) is 28.8. The van der Waals surface area contributed by atoms with Crippen LogP contribution in [0, 0.1) is 0 Å². The number of aromatic nitrogens is 3. The molecule has 9 nitrogen and oxygen atoms in total. The molecule has 0 radical (unpaired) electrons. The van der Waals surface area contributed by atoms with Crippen molar-refractivity contribution in [3.63, 3.8) is 0 Å². The summed E-state index contributed by atoms with van der Waals surface area (Å²) in [5.41, 5.74) is 2.42. The van der Waals surface area contributed by atoms with Gasteiger partial charge in [-0.1, -0.05) is 0 Å². The average Bonchev–Trinajstić information content (AvgIpc) is 3.28. The van der Waals surface area contributed by atoms with E-state index in [1.165, 1.54) is 11.1 Å². The molecule has 2 aromatic rings. The number of hydrogen-bond donors (Lipinski definition) is 3. The normalized spacial score (nSPS) is 18.4. The molecular formula is C19H22F6N4O5. The molecule has 34 heavy (non-hydrogen) atoms. The molecule has 3 N–H and O–H groups in total. The number of rotatable bonds is 4. The van der Waals surface area contributed by atoms with Crippen LogP contribution in [0.4, 0.5) is 26.3 Å². The number of carbonyl (C=O) groups is 2. The number of likely N-dealkylation sites (tertiary alicyclic amines) is 1. The summed E-state index contributed by atoms with van der Waals surface area (Å²) in [5.74, 6) is -5.51. The lowest BCUT2D eigenvalue weighted by Crippen LogP contribution is -2.36. The van der Waals surface area contributed by atoms with Crippen molar-refractivity contribution in [2.45, 2.75) is 43.9 Å². The summed E-state index contributed by atoms with van der Waals surface area (Å²) >= 11 is 0. The van der Waals surface area contributed by atoms with Crippen LogP contribution in [0.15, 0.2) is 36.9 Å². The van der Waals surface area contributed by atoms with Crippen molar-refractivity contribution in [1.29, 1.82) is 0 Å². The number of halogens is 6. The van der Waals surface area contributed by atoms with E-state index >= 15 is 0 Å². The van der Waals surface area contributed by atoms with Crippen molar-refractivity contribution < 1.29 is 51.3 Å². The maximum Gasteiger partial charge on any atom is 0.490 e. The number of alkyl halides is 6. The summed E-state index contributed by atoms with van der Waals surface area (Å²) in [5, 5.41) is 28.7. The lowest BCUT2D eigenvalue weighted by atomic mass is 10.0. The summed E-state index contributed by atoms with van der Waals surface area (Å²) in [4.78, 5) is 24.2. The predicted octanol–water partition coefficient (Wildman–Crippen LogP) is 2.26. The summed E-state index contributed by atoms with van der Waals surface area (Å²) in [6.45, 7) is 1.80. The Morgan fingerprint density at radius 3 is 1.94 bits per heavy atom. The molecule has 3 heterocycles. The van der Waals surface area contributed by atoms with Crippen LogP contribution in [-0.2, 0) is 29.6 Å². The highest BCUT2D eigenvalue weighted by molar-refractivity contribution is 5.73. The molecule has 2 aromatic heterocycles. The monoisotopic (exact) mass is 500 g/mol. The number of nitrogens with zero attached hydrogens (tertiary/aromatic N) is 4. The van der Waals surface area contributed by atoms with Crippen LogP contribution in [0.3, 0.4) is 0 Å². The molecule has 0 aliphatic carbocycles. The Morgan fingerprint density at radius 2 is 1.53 bits per heavy atom. The van der Waals surface area contributed by atoms with Gasteiger partial charge in [0.25, 0.3) is 0 Å². The van der Waals surface area contributed by atoms with Gasteiger partial charge in [0.1, 0.15) is 0 Å². The van der Waals surface area contributed by atoms with Gasteiger partial charge < -0.3 is 15.3 Å². The van der Waals surface area contributed by atoms with Gasteiger partial charge >= 0.3 is 24.3 Å². The Kier molecular flexibility index (Phi) is 10.4. The van der Waals surface area contributed by atoms with Crippen LogP contribution in [0.5, 0.6) is 0 Å². The van der Waals surface area contributed by atoms with Gasteiger partial charge in [-0.2, -0.15) is 31.4 Å². The van der Waals surface area contributed by atoms with E-state index in [0.29, 0.717) is 0 Å². The van der Waals surface area contributed by atoms with Gasteiger partial charge in [0.05, 0.1) is 12.3 Å². The van der Waals surface area contributed by atoms with Gasteiger partial charge in [0.2, 0.25) is 0 Å². The SMILES string of the molecule is Cn1cc(C[C@H]2[C@H](O)CCN2Cc2ccncc2)cn1.O=C(O)C(F)(F)F.O=C(O)C(F)(F)F. The zero-order valence-electron chi connectivity index (χ0n) is 17.7. The van der Waals surface area contributed by atoms with E-state index in [9.17, 15) is 31.4 Å². The lowest BCUT2D eigenvalue weighted by molar-refractivity contribution is -0.193. The molecular weight excluding hydrogens is 478 g/mol. The van der Waals surface area contributed by atoms with E-state index in [-0.39, 0.29) is 12.1 Å². The molecule has 1 fully saturated rings. The minimum atomic E-state index is -5.08. The van der Waals surface area contributed by atoms with Gasteiger partial charge in [-0.25, -0.2) is 9.59 Å². The standard InChI is InChI=1S/C15H20N4O.2C2HF3O2/c1-18-10-13(9-17-18)8-14-15(20)4-7-19(14)11-12-2-5-16-6-3-12;2*3-2(4,5)1(6)7/h2-3,5-6,9-10,14-15,20H,4,7-8,11H2,1H3;2*(H,6,7)/t14-,15+;;/m0../s1. The maximum atomic E-state index is 10.6. The zero-order valence-corrected chi connectivity index (χ0v) is 17.7. The van der Waals surface area contributed by atoms with Crippen LogP contribution < -0.4 is 0 Å². The number of pyridine rings is 1. The third-order valence-corrected chi connectivity index (χ3v) is 4.45. The second-order valence-corrected chi connectivity index (χ2v) is 7.08. The highest BCUT2D eigenvalue weighted by atomic mass is 19.4. The Bertz CT molecular complexity index is 896. The number of aryl methyl sites for hydroxylation is 1. The highest BCUT2D eigenvalue weighted by Gasteiger charge is 2.39. The molecule has 1 saturated heterocycles. The van der Waals surface area contributed by atoms with Gasteiger partial charge in [-0.3, -0.25) is 14.6 Å². The molecule has 0 unspecified atom stereocenters. The number of carboxylic acids is 2. The quantitative estimate of drug-likeness (QED) is 0.546. The number of aliphatic carboxylic acids is 2. The van der Waals surface area contributed by atoms with Crippen molar-refractivity contribution in [1.82, 2.24) is 19.7 Å². The molecule has 190 valence electrons. The third kappa shape index (κ3) is 10.2. The Morgan fingerprint density at radius 1 is 1.03 bits per heavy atom. The first-order valence-corrected chi connectivity index (χ1v) is 9.50. The summed E-state index contributed by atoms with van der Waals surface area (Å²) in [7, 11) is 1.92. The molecule has 1 aliphatic heterocycles. The van der Waals surface area contributed by atoms with E-state index in [0.717, 1.165) is 25.9 Å². The molecule has 3 rings (SSSR count). The van der Waals surface area contributed by atoms with E-state index in [1.807, 2.05) is 48.6 Å². The smallest absolute Gasteiger partial charge is 0.475 e. The largest absolute Gasteiger partial charge is 0.490 e. The Hall–Kier alpha value is -3.20. The number of hydrogen-bond acceptors (Lipinski definition) is 6. The molecule has 0 bridgehead atoms. The average molecular weight is 500 g/mol. The van der Waals surface area contributed by atoms with Gasteiger partial charge in [-0.05, 0) is 36.1 Å². The zero-order chi connectivity index (χ0) is 26.1. The minimum absolute atomic E-state index is 0.173. The van der Waals surface area contributed by atoms with E-state index < -0.39 is 24.3 Å². The molecule has 0 spiro atoms. The summed E-state index contributed by atoms with van der Waals surface area (Å²) in [6, 6.07) is 4.24. The van der Waals surface area contributed by atoms with E-state index in [2.05, 4.69) is 15.0 Å². The second-order valence-electron chi connectivity index (χ2n) is 7.08. The van der Waals surface area contributed by atoms with Crippen LogP contribution in [0.2, 0.25) is 0 Å². The highest BCUT2D eigenvalue weighted by Crippen LogP contribution is 2.23. The number of aliphatic hydroxyl groups is 1. The molecule has 0 saturated carbocycles. The summed E-state index contributed by atoms with van der Waals surface area (Å²) in [6.07, 6.45) is -1.19. The van der Waals surface area contributed by atoms with Crippen molar-refractivity contribution in [2.75, 3.05) is 6.54 Å². The topological polar surface area (TPSA) is 129 Å². The molecule has 0 aromatic carbocycles. The van der Waals surface area contributed by atoms with Crippen molar-refractivity contribution in [3.05, 3.63) is 48.0 Å². The molecule has 2 atom stereocenters. The Labute approximate surface area is 189 Å². The van der Waals surface area contributed by atoms with Gasteiger partial charge in [0, 0.05) is 44.8 Å². The molecule has 1 aliphatic rings. The van der Waals surface area contributed by atoms with Crippen LogP contribution >= 0.6 is 0 Å². The molecule has 0 amide bonds. The third-order valence-electron chi connectivity index (χ3n) is 4.45. The fraction of sp³-hybridized carbons (Fsp3) is 0.474. The van der Waals surface area contributed by atoms with Crippen molar-refractivity contribution in [2.24, 2.45) is 7.05 Å². The first-order valence-electron chi connectivity index (χ1n) is 9.50. The number of carboxylic acid groups (broad SMARTS) is 2. The predicted molar refractivity (Wildman–Crippen MR) is 103 cm³/mol. The number of aliphatic hydroxyl groups excluding tert-OH is 1. The van der Waals surface area contributed by atoms with Crippen LogP contribution in [0.1, 0.15) is 17.5 Å². The van der Waals surface area contributed by atoms with E-state index in [4.69, 9.17) is 19.8 Å². The van der Waals surface area contributed by atoms with Crippen LogP contribution in [-0.4, -0.2) is 78.0 Å². The van der Waals surface area contributed by atoms with Gasteiger partial charge in [-0.15, -0.1) is 0 Å². The molecule has 15 heteroatoms.